The molecule has 0 spiro atoms. The van der Waals surface area contributed by atoms with Crippen LogP contribution < -0.4 is 5.73 Å². The van der Waals surface area contributed by atoms with E-state index in [4.69, 9.17) is 5.73 Å². The molecule has 0 unspecified atom stereocenters. The molecular weight excluding hydrogens is 158 g/mol. The van der Waals surface area contributed by atoms with Crippen LogP contribution in [0.1, 0.15) is 46.5 Å². The molecular formula is C12H23N. The summed E-state index contributed by atoms with van der Waals surface area (Å²) in [4.78, 5) is 0. The lowest BCUT2D eigenvalue weighted by Crippen LogP contribution is -2.33. The van der Waals surface area contributed by atoms with Crippen LogP contribution in [0, 0.1) is 22.7 Å². The third kappa shape index (κ3) is 1.03. The first-order valence-electron chi connectivity index (χ1n) is 5.72. The van der Waals surface area contributed by atoms with E-state index in [-0.39, 0.29) is 0 Å². The number of rotatable bonds is 2. The first-order valence-corrected chi connectivity index (χ1v) is 5.72. The lowest BCUT2D eigenvalue weighted by Gasteiger charge is -2.39. The van der Waals surface area contributed by atoms with Crippen molar-refractivity contribution in [2.24, 2.45) is 28.4 Å². The number of nitrogens with two attached hydrogens (primary N) is 1. The Morgan fingerprint density at radius 1 is 1.31 bits per heavy atom. The van der Waals surface area contributed by atoms with E-state index < -0.39 is 0 Å². The van der Waals surface area contributed by atoms with E-state index in [1.807, 2.05) is 0 Å². The van der Waals surface area contributed by atoms with E-state index >= 15 is 0 Å². The fraction of sp³-hybridized carbons (Fsp3) is 1.00. The van der Waals surface area contributed by atoms with E-state index in [2.05, 4.69) is 20.8 Å². The van der Waals surface area contributed by atoms with Gasteiger partial charge in [-0.25, -0.2) is 0 Å². The summed E-state index contributed by atoms with van der Waals surface area (Å²) in [6, 6.07) is 0. The van der Waals surface area contributed by atoms with Crippen LogP contribution in [0.4, 0.5) is 0 Å². The molecule has 2 rings (SSSR count). The molecule has 2 aliphatic carbocycles. The van der Waals surface area contributed by atoms with Crippen molar-refractivity contribution in [2.45, 2.75) is 46.5 Å². The Kier molecular flexibility index (Phi) is 1.99. The average Bonchev–Trinajstić information content (AvgIpc) is 2.37. The first-order chi connectivity index (χ1) is 6.02. The normalized spacial score (nSPS) is 47.1. The van der Waals surface area contributed by atoms with Crippen LogP contribution in [-0.2, 0) is 0 Å². The highest BCUT2D eigenvalue weighted by Gasteiger charge is 2.60. The molecule has 76 valence electrons. The van der Waals surface area contributed by atoms with Gasteiger partial charge in [0, 0.05) is 0 Å². The summed E-state index contributed by atoms with van der Waals surface area (Å²) in [5.74, 6) is 1.89. The van der Waals surface area contributed by atoms with E-state index in [1.165, 1.54) is 25.7 Å². The van der Waals surface area contributed by atoms with E-state index in [9.17, 15) is 0 Å². The highest BCUT2D eigenvalue weighted by molar-refractivity contribution is 5.09. The lowest BCUT2D eigenvalue weighted by molar-refractivity contribution is 0.0991. The van der Waals surface area contributed by atoms with Gasteiger partial charge < -0.3 is 5.73 Å². The summed E-state index contributed by atoms with van der Waals surface area (Å²) in [6.07, 6.45) is 5.59. The van der Waals surface area contributed by atoms with Gasteiger partial charge in [-0.05, 0) is 54.9 Å². The van der Waals surface area contributed by atoms with Gasteiger partial charge >= 0.3 is 0 Å². The Morgan fingerprint density at radius 3 is 2.38 bits per heavy atom. The summed E-state index contributed by atoms with van der Waals surface area (Å²) in [7, 11) is 0. The Balaban J connectivity index is 2.22. The third-order valence-electron chi connectivity index (χ3n) is 5.49. The minimum atomic E-state index is 0.576. The van der Waals surface area contributed by atoms with E-state index in [0.717, 1.165) is 18.4 Å². The number of fused-ring (bicyclic) bond motifs is 2. The molecule has 0 aromatic heterocycles. The minimum Gasteiger partial charge on any atom is -0.330 e. The Morgan fingerprint density at radius 2 is 2.00 bits per heavy atom. The predicted molar refractivity (Wildman–Crippen MR) is 56.4 cm³/mol. The maximum Gasteiger partial charge on any atom is -0.00744 e. The third-order valence-corrected chi connectivity index (χ3v) is 5.49. The molecule has 2 N–H and O–H groups in total. The van der Waals surface area contributed by atoms with Crippen molar-refractivity contribution in [1.82, 2.24) is 0 Å². The zero-order chi connectivity index (χ0) is 9.69. The second kappa shape index (κ2) is 2.73. The largest absolute Gasteiger partial charge is 0.330 e. The summed E-state index contributed by atoms with van der Waals surface area (Å²) >= 11 is 0. The van der Waals surface area contributed by atoms with Crippen LogP contribution >= 0.6 is 0 Å². The van der Waals surface area contributed by atoms with Gasteiger partial charge in [0.15, 0.2) is 0 Å². The topological polar surface area (TPSA) is 26.0 Å². The van der Waals surface area contributed by atoms with Gasteiger partial charge in [0.25, 0.3) is 0 Å². The Bertz CT molecular complexity index is 209. The summed E-state index contributed by atoms with van der Waals surface area (Å²) < 4.78 is 0. The van der Waals surface area contributed by atoms with Crippen molar-refractivity contribution in [3.8, 4) is 0 Å². The maximum atomic E-state index is 5.69. The van der Waals surface area contributed by atoms with Crippen molar-refractivity contribution < 1.29 is 0 Å². The molecule has 1 nitrogen and oxygen atoms in total. The van der Waals surface area contributed by atoms with Crippen molar-refractivity contribution >= 4 is 0 Å². The van der Waals surface area contributed by atoms with Crippen LogP contribution in [0.2, 0.25) is 0 Å². The standard InChI is InChI=1S/C12H23N/c1-11(2)9-4-6-12(11,3)10(8-9)5-7-13/h9-10H,4-8,13H2,1-3H3/t9-,10+,12-/m1/s1. The van der Waals surface area contributed by atoms with E-state index in [0.29, 0.717) is 10.8 Å². The molecule has 2 fully saturated rings. The molecule has 2 bridgehead atoms. The van der Waals surface area contributed by atoms with Crippen molar-refractivity contribution in [3.05, 3.63) is 0 Å². The number of hydrogen-bond acceptors (Lipinski definition) is 1. The molecule has 0 radical (unpaired) electrons. The van der Waals surface area contributed by atoms with Crippen LogP contribution in [0.3, 0.4) is 0 Å². The lowest BCUT2D eigenvalue weighted by atomic mass is 9.66. The van der Waals surface area contributed by atoms with Crippen LogP contribution in [0.15, 0.2) is 0 Å². The van der Waals surface area contributed by atoms with Crippen LogP contribution in [0.25, 0.3) is 0 Å². The molecule has 0 aromatic rings. The molecule has 0 aromatic carbocycles. The smallest absolute Gasteiger partial charge is 0.00744 e. The van der Waals surface area contributed by atoms with E-state index in [1.54, 1.807) is 0 Å². The second-order valence-corrected chi connectivity index (χ2v) is 5.88. The molecule has 0 aliphatic heterocycles. The Hall–Kier alpha value is -0.0400. The molecule has 0 heterocycles. The summed E-state index contributed by atoms with van der Waals surface area (Å²) in [5, 5.41) is 0. The highest BCUT2D eigenvalue weighted by Crippen LogP contribution is 2.68. The van der Waals surface area contributed by atoms with Gasteiger partial charge in [0.1, 0.15) is 0 Å². The van der Waals surface area contributed by atoms with Gasteiger partial charge in [0.2, 0.25) is 0 Å². The zero-order valence-corrected chi connectivity index (χ0v) is 9.27. The molecule has 13 heavy (non-hydrogen) atoms. The molecule has 2 aliphatic rings. The molecule has 3 atom stereocenters. The average molecular weight is 181 g/mol. The summed E-state index contributed by atoms with van der Waals surface area (Å²) in [5.41, 5.74) is 6.86. The fourth-order valence-corrected chi connectivity index (χ4v) is 4.01. The molecule has 0 saturated heterocycles. The monoisotopic (exact) mass is 181 g/mol. The number of hydrogen-bond donors (Lipinski definition) is 1. The zero-order valence-electron chi connectivity index (χ0n) is 9.27. The molecule has 1 heteroatoms. The summed E-state index contributed by atoms with van der Waals surface area (Å²) in [6.45, 7) is 8.33. The predicted octanol–water partition coefficient (Wildman–Crippen LogP) is 2.80. The van der Waals surface area contributed by atoms with Crippen molar-refractivity contribution in [3.63, 3.8) is 0 Å². The van der Waals surface area contributed by atoms with Gasteiger partial charge in [0.05, 0.1) is 0 Å². The minimum absolute atomic E-state index is 0.576. The SMILES string of the molecule is CC1(C)[C@@H]2CC[C@]1(C)[C@@H](CCN)C2. The van der Waals surface area contributed by atoms with Gasteiger partial charge in [-0.3, -0.25) is 0 Å². The van der Waals surface area contributed by atoms with Gasteiger partial charge in [-0.1, -0.05) is 20.8 Å². The van der Waals surface area contributed by atoms with Crippen LogP contribution in [-0.4, -0.2) is 6.54 Å². The van der Waals surface area contributed by atoms with Crippen molar-refractivity contribution in [2.75, 3.05) is 6.54 Å². The molecule has 2 saturated carbocycles. The highest BCUT2D eigenvalue weighted by atomic mass is 14.7. The van der Waals surface area contributed by atoms with Crippen molar-refractivity contribution in [1.29, 1.82) is 0 Å². The quantitative estimate of drug-likeness (QED) is 0.696. The fourth-order valence-electron chi connectivity index (χ4n) is 4.01. The maximum absolute atomic E-state index is 5.69. The van der Waals surface area contributed by atoms with Crippen LogP contribution in [0.5, 0.6) is 0 Å². The first kappa shape index (κ1) is 9.51. The van der Waals surface area contributed by atoms with Gasteiger partial charge in [-0.2, -0.15) is 0 Å². The second-order valence-electron chi connectivity index (χ2n) is 5.88. The van der Waals surface area contributed by atoms with Gasteiger partial charge in [-0.15, -0.1) is 0 Å². The Labute approximate surface area is 82.1 Å². The molecule has 0 amide bonds.